The molecule has 1 heterocycles. The van der Waals surface area contributed by atoms with E-state index in [1.807, 2.05) is 0 Å². The van der Waals surface area contributed by atoms with Gasteiger partial charge in [0.1, 0.15) is 0 Å². The molecule has 0 bridgehead atoms. The van der Waals surface area contributed by atoms with E-state index in [0.717, 1.165) is 5.56 Å². The fourth-order valence-electron chi connectivity index (χ4n) is 2.66. The quantitative estimate of drug-likeness (QED) is 0.271. The number of aromatic nitrogens is 1. The summed E-state index contributed by atoms with van der Waals surface area (Å²) in [6.45, 7) is -0.873. The van der Waals surface area contributed by atoms with E-state index in [4.69, 9.17) is 18.9 Å². The number of aliphatic imine (C=N–C) groups is 1. The Hall–Kier alpha value is -2.64. The van der Waals surface area contributed by atoms with Gasteiger partial charge in [-0.25, -0.2) is 4.98 Å². The van der Waals surface area contributed by atoms with E-state index in [0.29, 0.717) is 35.3 Å². The fourth-order valence-corrected chi connectivity index (χ4v) is 2.66. The van der Waals surface area contributed by atoms with Crippen molar-refractivity contribution in [3.63, 3.8) is 0 Å². The molecule has 0 atom stereocenters. The summed E-state index contributed by atoms with van der Waals surface area (Å²) in [6, 6.07) is 6.83. The number of hydrogen-bond donors (Lipinski definition) is 2. The third kappa shape index (κ3) is 8.13. The van der Waals surface area contributed by atoms with Crippen molar-refractivity contribution in [3.05, 3.63) is 41.6 Å². The molecule has 2 N–H and O–H groups in total. The van der Waals surface area contributed by atoms with Gasteiger partial charge in [0.25, 0.3) is 0 Å². The predicted molar refractivity (Wildman–Crippen MR) is 124 cm³/mol. The van der Waals surface area contributed by atoms with E-state index in [2.05, 4.69) is 20.6 Å². The molecular weight excluding hydrogens is 544 g/mol. The number of pyridine rings is 1. The number of hydrogen-bond acceptors (Lipinski definition) is 6. The van der Waals surface area contributed by atoms with Gasteiger partial charge in [-0.1, -0.05) is 6.07 Å². The molecule has 2 aromatic rings. The van der Waals surface area contributed by atoms with Crippen LogP contribution in [0.5, 0.6) is 23.1 Å². The highest BCUT2D eigenvalue weighted by atomic mass is 127. The van der Waals surface area contributed by atoms with Gasteiger partial charge in [-0.2, -0.15) is 13.2 Å². The summed E-state index contributed by atoms with van der Waals surface area (Å²) in [6.07, 6.45) is -3.08. The van der Waals surface area contributed by atoms with Crippen molar-refractivity contribution in [1.29, 1.82) is 0 Å². The summed E-state index contributed by atoms with van der Waals surface area (Å²) >= 11 is 0. The zero-order valence-electron chi connectivity index (χ0n) is 18.1. The SMILES string of the molecule is CN=C(NCc1cc(OC)c(OC)c(OC)c1)NCc1cccnc1OCC(F)(F)F.I. The Labute approximate surface area is 201 Å². The highest BCUT2D eigenvalue weighted by molar-refractivity contribution is 14.0. The Balaban J connectivity index is 0.00000512. The topological polar surface area (TPSA) is 86.2 Å². The van der Waals surface area contributed by atoms with Crippen molar-refractivity contribution in [2.75, 3.05) is 35.0 Å². The maximum Gasteiger partial charge on any atom is 0.422 e. The average Bonchev–Trinajstić information content (AvgIpc) is 2.76. The molecule has 0 aliphatic heterocycles. The Morgan fingerprint density at radius 2 is 1.66 bits per heavy atom. The number of halogens is 4. The Morgan fingerprint density at radius 3 is 2.19 bits per heavy atom. The number of nitrogens with one attached hydrogen (secondary N) is 2. The first-order chi connectivity index (χ1) is 14.8. The summed E-state index contributed by atoms with van der Waals surface area (Å²) in [5.41, 5.74) is 1.30. The second-order valence-electron chi connectivity index (χ2n) is 6.18. The monoisotopic (exact) mass is 570 g/mol. The smallest absolute Gasteiger partial charge is 0.422 e. The summed E-state index contributed by atoms with van der Waals surface area (Å²) in [4.78, 5) is 7.99. The summed E-state index contributed by atoms with van der Waals surface area (Å²) in [5, 5.41) is 6.14. The van der Waals surface area contributed by atoms with Gasteiger partial charge >= 0.3 is 6.18 Å². The number of methoxy groups -OCH3 is 3. The lowest BCUT2D eigenvalue weighted by molar-refractivity contribution is -0.154. The molecule has 0 saturated heterocycles. The van der Waals surface area contributed by atoms with E-state index >= 15 is 0 Å². The van der Waals surface area contributed by atoms with E-state index in [9.17, 15) is 13.2 Å². The molecule has 0 amide bonds. The van der Waals surface area contributed by atoms with Gasteiger partial charge in [0.2, 0.25) is 11.6 Å². The van der Waals surface area contributed by atoms with Crippen LogP contribution in [-0.2, 0) is 13.1 Å². The Bertz CT molecular complexity index is 872. The van der Waals surface area contributed by atoms with E-state index in [-0.39, 0.29) is 36.4 Å². The lowest BCUT2D eigenvalue weighted by Crippen LogP contribution is -2.36. The minimum Gasteiger partial charge on any atom is -0.493 e. The molecule has 0 aliphatic carbocycles. The van der Waals surface area contributed by atoms with Gasteiger partial charge in [-0.3, -0.25) is 4.99 Å². The minimum absolute atomic E-state index is 0. The fraction of sp³-hybridized carbons (Fsp3) is 0.400. The molecule has 1 aromatic carbocycles. The highest BCUT2D eigenvalue weighted by Crippen LogP contribution is 2.38. The molecule has 32 heavy (non-hydrogen) atoms. The molecule has 0 fully saturated rings. The first kappa shape index (κ1) is 27.4. The van der Waals surface area contributed by atoms with Crippen LogP contribution in [0.4, 0.5) is 13.2 Å². The average molecular weight is 570 g/mol. The molecule has 2 rings (SSSR count). The van der Waals surface area contributed by atoms with Crippen molar-refractivity contribution in [2.45, 2.75) is 19.3 Å². The van der Waals surface area contributed by atoms with Gasteiger partial charge in [0, 0.05) is 31.9 Å². The number of guanidine groups is 1. The second kappa shape index (κ2) is 13.0. The molecule has 1 aromatic heterocycles. The van der Waals surface area contributed by atoms with Crippen LogP contribution < -0.4 is 29.6 Å². The normalized spacial score (nSPS) is 11.3. The van der Waals surface area contributed by atoms with Crippen molar-refractivity contribution in [3.8, 4) is 23.1 Å². The Kier molecular flexibility index (Phi) is 11.2. The minimum atomic E-state index is -4.44. The molecule has 0 radical (unpaired) electrons. The van der Waals surface area contributed by atoms with E-state index in [1.165, 1.54) is 27.5 Å². The molecule has 8 nitrogen and oxygen atoms in total. The van der Waals surface area contributed by atoms with Crippen LogP contribution >= 0.6 is 24.0 Å². The second-order valence-corrected chi connectivity index (χ2v) is 6.18. The van der Waals surface area contributed by atoms with Crippen molar-refractivity contribution >= 4 is 29.9 Å². The third-order valence-electron chi connectivity index (χ3n) is 4.08. The van der Waals surface area contributed by atoms with Gasteiger partial charge in [0.15, 0.2) is 24.1 Å². The summed E-state index contributed by atoms with van der Waals surface area (Å²) < 4.78 is 58.1. The standard InChI is InChI=1S/C20H25F3N4O4.HI/c1-24-19(26-10-13-8-15(28-2)17(30-4)16(9-13)29-3)27-11-14-6-5-7-25-18(14)31-12-20(21,22)23;/h5-9H,10-12H2,1-4H3,(H2,24,26,27);1H. The van der Waals surface area contributed by atoms with Crippen molar-refractivity contribution < 1.29 is 32.1 Å². The Morgan fingerprint density at radius 1 is 1.03 bits per heavy atom. The lowest BCUT2D eigenvalue weighted by Gasteiger charge is -2.16. The van der Waals surface area contributed by atoms with Crippen LogP contribution in [0.1, 0.15) is 11.1 Å². The number of rotatable bonds is 9. The molecule has 178 valence electrons. The molecule has 0 spiro atoms. The summed E-state index contributed by atoms with van der Waals surface area (Å²) in [7, 11) is 6.16. The first-order valence-corrected chi connectivity index (χ1v) is 9.18. The number of alkyl halides is 3. The molecule has 0 saturated carbocycles. The van der Waals surface area contributed by atoms with Crippen LogP contribution in [0.25, 0.3) is 0 Å². The number of ether oxygens (including phenoxy) is 4. The van der Waals surface area contributed by atoms with Gasteiger partial charge in [0.05, 0.1) is 21.3 Å². The molecular formula is C20H26F3IN4O4. The van der Waals surface area contributed by atoms with E-state index < -0.39 is 12.8 Å². The predicted octanol–water partition coefficient (Wildman–Crippen LogP) is 3.53. The first-order valence-electron chi connectivity index (χ1n) is 9.18. The zero-order valence-corrected chi connectivity index (χ0v) is 20.4. The van der Waals surface area contributed by atoms with Crippen molar-refractivity contribution in [1.82, 2.24) is 15.6 Å². The van der Waals surface area contributed by atoms with Crippen LogP contribution in [0.2, 0.25) is 0 Å². The van der Waals surface area contributed by atoms with Gasteiger partial charge in [-0.05, 0) is 23.8 Å². The summed E-state index contributed by atoms with van der Waals surface area (Å²) in [5.74, 6) is 1.86. The van der Waals surface area contributed by atoms with Crippen molar-refractivity contribution in [2.24, 2.45) is 4.99 Å². The zero-order chi connectivity index (χ0) is 22.9. The maximum atomic E-state index is 12.4. The molecule has 12 heteroatoms. The third-order valence-corrected chi connectivity index (χ3v) is 4.08. The van der Waals surface area contributed by atoms with E-state index in [1.54, 1.807) is 31.3 Å². The van der Waals surface area contributed by atoms with Crippen LogP contribution in [0.3, 0.4) is 0 Å². The van der Waals surface area contributed by atoms with Crippen LogP contribution in [0.15, 0.2) is 35.5 Å². The highest BCUT2D eigenvalue weighted by Gasteiger charge is 2.29. The largest absolute Gasteiger partial charge is 0.493 e. The van der Waals surface area contributed by atoms with Gasteiger partial charge < -0.3 is 29.6 Å². The lowest BCUT2D eigenvalue weighted by atomic mass is 10.2. The van der Waals surface area contributed by atoms with Gasteiger partial charge in [-0.15, -0.1) is 24.0 Å². The molecule has 0 aliphatic rings. The van der Waals surface area contributed by atoms with Crippen LogP contribution in [-0.4, -0.2) is 52.1 Å². The maximum absolute atomic E-state index is 12.4. The van der Waals surface area contributed by atoms with Crippen LogP contribution in [0, 0.1) is 0 Å². The number of benzene rings is 1. The molecule has 0 unspecified atom stereocenters. The number of nitrogens with zero attached hydrogens (tertiary/aromatic N) is 2.